The minimum absolute atomic E-state index is 0.561. The van der Waals surface area contributed by atoms with Gasteiger partial charge < -0.3 is 0 Å². The maximum absolute atomic E-state index is 2.62. The lowest BCUT2D eigenvalue weighted by atomic mass is 10.1. The second-order valence-electron chi connectivity index (χ2n) is 4.73. The van der Waals surface area contributed by atoms with Gasteiger partial charge in [0.1, 0.15) is 0 Å². The molecule has 1 aromatic rings. The van der Waals surface area contributed by atoms with Gasteiger partial charge in [-0.2, -0.15) is 0 Å². The zero-order valence-electron chi connectivity index (χ0n) is 9.13. The van der Waals surface area contributed by atoms with Crippen LogP contribution in [0.4, 0.5) is 0 Å². The van der Waals surface area contributed by atoms with Crippen LogP contribution in [0.3, 0.4) is 0 Å². The average Bonchev–Trinajstić information content (AvgIpc) is 2.91. The van der Waals surface area contributed by atoms with Crippen molar-refractivity contribution in [1.29, 1.82) is 0 Å². The molecule has 1 nitrogen and oxygen atoms in total. The highest BCUT2D eigenvalue weighted by molar-refractivity contribution is 5.22. The van der Waals surface area contributed by atoms with Crippen molar-refractivity contribution >= 4 is 0 Å². The second kappa shape index (κ2) is 3.49. The highest BCUT2D eigenvalue weighted by atomic mass is 15.2. The summed E-state index contributed by atoms with van der Waals surface area (Å²) in [5.41, 5.74) is 1.44. The summed E-state index contributed by atoms with van der Waals surface area (Å²) in [6.07, 6.45) is 6.11. The van der Waals surface area contributed by atoms with E-state index in [2.05, 4.69) is 54.3 Å². The number of fused-ring (bicyclic) bond motifs is 2. The Morgan fingerprint density at radius 1 is 1.20 bits per heavy atom. The van der Waals surface area contributed by atoms with Gasteiger partial charge in [0.05, 0.1) is 0 Å². The van der Waals surface area contributed by atoms with Gasteiger partial charge in [-0.25, -0.2) is 0 Å². The van der Waals surface area contributed by atoms with Crippen molar-refractivity contribution in [3.63, 3.8) is 0 Å². The molecule has 0 amide bonds. The van der Waals surface area contributed by atoms with Crippen molar-refractivity contribution in [2.45, 2.75) is 25.4 Å². The van der Waals surface area contributed by atoms with Crippen molar-refractivity contribution in [2.24, 2.45) is 5.92 Å². The third-order valence-electron chi connectivity index (χ3n) is 3.80. The van der Waals surface area contributed by atoms with Gasteiger partial charge in [-0.15, -0.1) is 0 Å². The first-order chi connectivity index (χ1) is 7.34. The summed E-state index contributed by atoms with van der Waals surface area (Å²) in [6, 6.07) is 12.1. The summed E-state index contributed by atoms with van der Waals surface area (Å²) < 4.78 is 0. The number of nitrogens with zero attached hydrogens (tertiary/aromatic N) is 1. The van der Waals surface area contributed by atoms with Crippen LogP contribution in [0.25, 0.3) is 0 Å². The van der Waals surface area contributed by atoms with Gasteiger partial charge in [-0.1, -0.05) is 42.5 Å². The number of rotatable bonds is 2. The molecule has 0 saturated carbocycles. The topological polar surface area (TPSA) is 3.24 Å². The molecule has 78 valence electrons. The molecule has 0 N–H and O–H groups in total. The minimum Gasteiger partial charge on any atom is -0.290 e. The molecule has 3 atom stereocenters. The van der Waals surface area contributed by atoms with E-state index in [-0.39, 0.29) is 0 Å². The number of hydrogen-bond acceptors (Lipinski definition) is 1. The van der Waals surface area contributed by atoms with Gasteiger partial charge in [-0.05, 0) is 24.8 Å². The van der Waals surface area contributed by atoms with Crippen LogP contribution in [0.5, 0.6) is 0 Å². The molecule has 15 heavy (non-hydrogen) atoms. The molecule has 1 aliphatic heterocycles. The van der Waals surface area contributed by atoms with Crippen LogP contribution in [0.1, 0.15) is 24.9 Å². The Labute approximate surface area is 91.4 Å². The Morgan fingerprint density at radius 2 is 2.00 bits per heavy atom. The van der Waals surface area contributed by atoms with Crippen LogP contribution in [0.2, 0.25) is 0 Å². The fourth-order valence-electron chi connectivity index (χ4n) is 2.91. The maximum Gasteiger partial charge on any atom is 0.0326 e. The molecule has 1 fully saturated rings. The summed E-state index contributed by atoms with van der Waals surface area (Å²) in [6.45, 7) is 3.57. The first-order valence-electron chi connectivity index (χ1n) is 5.83. The molecule has 1 aromatic carbocycles. The van der Waals surface area contributed by atoms with Crippen molar-refractivity contribution in [3.05, 3.63) is 48.0 Å². The molecule has 1 heterocycles. The van der Waals surface area contributed by atoms with E-state index in [1.54, 1.807) is 0 Å². The number of hydrogen-bond donors (Lipinski definition) is 0. The Bertz CT molecular complexity index is 368. The fourth-order valence-corrected chi connectivity index (χ4v) is 2.91. The standard InChI is InChI=1S/C14H17N/c1-11(13-5-3-2-4-6-13)15-10-12-7-8-14(15)9-12/h2-8,11-12,14H,9-10H2,1H3/t11-,12?,14?/m0/s1. The van der Waals surface area contributed by atoms with Crippen LogP contribution in [0.15, 0.2) is 42.5 Å². The van der Waals surface area contributed by atoms with E-state index in [0.29, 0.717) is 12.1 Å². The lowest BCUT2D eigenvalue weighted by molar-refractivity contribution is 0.213. The number of likely N-dealkylation sites (tertiary alicyclic amines) is 1. The summed E-state index contributed by atoms with van der Waals surface area (Å²) in [5.74, 6) is 0.821. The van der Waals surface area contributed by atoms with Crippen LogP contribution in [-0.2, 0) is 0 Å². The quantitative estimate of drug-likeness (QED) is 0.662. The lowest BCUT2D eigenvalue weighted by Gasteiger charge is -2.30. The minimum atomic E-state index is 0.561. The van der Waals surface area contributed by atoms with Gasteiger partial charge in [0.2, 0.25) is 0 Å². The highest BCUT2D eigenvalue weighted by Gasteiger charge is 2.36. The van der Waals surface area contributed by atoms with Crippen LogP contribution in [-0.4, -0.2) is 17.5 Å². The SMILES string of the molecule is C[C@@H](c1ccccc1)N1CC2C=CC1C2. The molecule has 2 bridgehead atoms. The van der Waals surface area contributed by atoms with Gasteiger partial charge in [0, 0.05) is 18.6 Å². The van der Waals surface area contributed by atoms with Gasteiger partial charge >= 0.3 is 0 Å². The maximum atomic E-state index is 2.62. The van der Waals surface area contributed by atoms with E-state index < -0.39 is 0 Å². The third kappa shape index (κ3) is 1.51. The van der Waals surface area contributed by atoms with Gasteiger partial charge in [0.25, 0.3) is 0 Å². The largest absolute Gasteiger partial charge is 0.290 e. The molecule has 2 aliphatic rings. The summed E-state index contributed by atoms with van der Waals surface area (Å²) in [4.78, 5) is 2.62. The third-order valence-corrected chi connectivity index (χ3v) is 3.80. The molecule has 1 aliphatic carbocycles. The van der Waals surface area contributed by atoms with Crippen LogP contribution in [0, 0.1) is 5.92 Å². The van der Waals surface area contributed by atoms with Crippen molar-refractivity contribution in [2.75, 3.05) is 6.54 Å². The Balaban J connectivity index is 1.81. The predicted octanol–water partition coefficient (Wildman–Crippen LogP) is 3.01. The summed E-state index contributed by atoms with van der Waals surface area (Å²) in [7, 11) is 0. The molecule has 1 saturated heterocycles. The van der Waals surface area contributed by atoms with Crippen molar-refractivity contribution in [3.8, 4) is 0 Å². The van der Waals surface area contributed by atoms with Crippen molar-refractivity contribution < 1.29 is 0 Å². The smallest absolute Gasteiger partial charge is 0.0326 e. The Hall–Kier alpha value is -1.08. The van der Waals surface area contributed by atoms with Crippen LogP contribution >= 0.6 is 0 Å². The monoisotopic (exact) mass is 199 g/mol. The first-order valence-corrected chi connectivity index (χ1v) is 5.83. The zero-order valence-corrected chi connectivity index (χ0v) is 9.13. The van der Waals surface area contributed by atoms with E-state index in [1.807, 2.05) is 0 Å². The van der Waals surface area contributed by atoms with Crippen LogP contribution < -0.4 is 0 Å². The molecule has 3 rings (SSSR count). The lowest BCUT2D eigenvalue weighted by Crippen LogP contribution is -2.32. The average molecular weight is 199 g/mol. The Kier molecular flexibility index (Phi) is 2.14. The molecular weight excluding hydrogens is 182 g/mol. The fraction of sp³-hybridized carbons (Fsp3) is 0.429. The van der Waals surface area contributed by atoms with E-state index in [9.17, 15) is 0 Å². The predicted molar refractivity (Wildman–Crippen MR) is 62.6 cm³/mol. The van der Waals surface area contributed by atoms with E-state index >= 15 is 0 Å². The molecule has 1 heteroatoms. The van der Waals surface area contributed by atoms with Crippen molar-refractivity contribution in [1.82, 2.24) is 4.90 Å². The molecule has 2 unspecified atom stereocenters. The Morgan fingerprint density at radius 3 is 2.60 bits per heavy atom. The second-order valence-corrected chi connectivity index (χ2v) is 4.73. The molecular formula is C14H17N. The molecule has 0 radical (unpaired) electrons. The van der Waals surface area contributed by atoms with E-state index in [1.165, 1.54) is 18.5 Å². The summed E-state index contributed by atoms with van der Waals surface area (Å²) in [5, 5.41) is 0. The molecule has 0 aromatic heterocycles. The summed E-state index contributed by atoms with van der Waals surface area (Å²) >= 11 is 0. The van der Waals surface area contributed by atoms with Gasteiger partial charge in [0.15, 0.2) is 0 Å². The van der Waals surface area contributed by atoms with E-state index in [4.69, 9.17) is 0 Å². The van der Waals surface area contributed by atoms with Gasteiger partial charge in [-0.3, -0.25) is 4.90 Å². The normalized spacial score (nSPS) is 31.0. The van der Waals surface area contributed by atoms with E-state index in [0.717, 1.165) is 5.92 Å². The number of benzene rings is 1. The zero-order chi connectivity index (χ0) is 10.3. The molecule has 0 spiro atoms. The first kappa shape index (κ1) is 9.17. The highest BCUT2D eigenvalue weighted by Crippen LogP contribution is 2.37.